The highest BCUT2D eigenvalue weighted by atomic mass is 32.2. The van der Waals surface area contributed by atoms with Crippen LogP contribution in [0.2, 0.25) is 0 Å². The molecule has 0 bridgehead atoms. The molecule has 0 aliphatic carbocycles. The number of nitrogens with zero attached hydrogens (tertiary/aromatic N) is 1. The van der Waals surface area contributed by atoms with Crippen LogP contribution in [-0.4, -0.2) is 35.4 Å². The predicted molar refractivity (Wildman–Crippen MR) is 94.7 cm³/mol. The van der Waals surface area contributed by atoms with E-state index in [0.717, 1.165) is 16.5 Å². The van der Waals surface area contributed by atoms with Gasteiger partial charge in [0.25, 0.3) is 0 Å². The van der Waals surface area contributed by atoms with Gasteiger partial charge in [0.1, 0.15) is 5.25 Å². The van der Waals surface area contributed by atoms with E-state index in [4.69, 9.17) is 9.47 Å². The van der Waals surface area contributed by atoms with Crippen LogP contribution in [0.15, 0.2) is 36.5 Å². The van der Waals surface area contributed by atoms with Gasteiger partial charge in [0, 0.05) is 17.3 Å². The van der Waals surface area contributed by atoms with Crippen LogP contribution >= 0.6 is 11.8 Å². The second-order valence-electron chi connectivity index (χ2n) is 5.10. The van der Waals surface area contributed by atoms with Gasteiger partial charge in [-0.1, -0.05) is 18.2 Å². The first kappa shape index (κ1) is 18.3. The van der Waals surface area contributed by atoms with Crippen molar-refractivity contribution in [3.8, 4) is 0 Å². The van der Waals surface area contributed by atoms with Crippen LogP contribution in [0.4, 0.5) is 0 Å². The largest absolute Gasteiger partial charge is 0.466 e. The summed E-state index contributed by atoms with van der Waals surface area (Å²) in [4.78, 5) is 28.2. The van der Waals surface area contributed by atoms with Gasteiger partial charge in [0.05, 0.1) is 25.2 Å². The van der Waals surface area contributed by atoms with Gasteiger partial charge in [-0.2, -0.15) is 0 Å². The molecule has 0 aliphatic rings. The van der Waals surface area contributed by atoms with E-state index in [1.165, 1.54) is 11.8 Å². The maximum atomic E-state index is 12.1. The van der Waals surface area contributed by atoms with E-state index in [-0.39, 0.29) is 25.0 Å². The average molecular weight is 347 g/mol. The van der Waals surface area contributed by atoms with Crippen molar-refractivity contribution in [2.45, 2.75) is 31.3 Å². The molecule has 0 N–H and O–H groups in total. The van der Waals surface area contributed by atoms with E-state index in [1.54, 1.807) is 20.0 Å². The quantitative estimate of drug-likeness (QED) is 0.682. The van der Waals surface area contributed by atoms with Crippen LogP contribution in [-0.2, 0) is 24.8 Å². The summed E-state index contributed by atoms with van der Waals surface area (Å²) < 4.78 is 10.00. The maximum Gasteiger partial charge on any atom is 0.319 e. The molecule has 0 spiro atoms. The minimum Gasteiger partial charge on any atom is -0.466 e. The number of ether oxygens (including phenoxy) is 2. The number of para-hydroxylation sites is 1. The van der Waals surface area contributed by atoms with Crippen molar-refractivity contribution in [2.24, 2.45) is 0 Å². The number of rotatable bonds is 8. The van der Waals surface area contributed by atoms with Crippen LogP contribution in [0.3, 0.4) is 0 Å². The van der Waals surface area contributed by atoms with Crippen molar-refractivity contribution in [2.75, 3.05) is 13.2 Å². The van der Waals surface area contributed by atoms with E-state index < -0.39 is 5.25 Å². The highest BCUT2D eigenvalue weighted by Crippen LogP contribution is 2.23. The second kappa shape index (κ2) is 9.27. The number of fused-ring (bicyclic) bond motifs is 1. The Morgan fingerprint density at radius 3 is 2.67 bits per heavy atom. The summed E-state index contributed by atoms with van der Waals surface area (Å²) in [6.07, 6.45) is 1.81. The Bertz CT molecular complexity index is 704. The summed E-state index contributed by atoms with van der Waals surface area (Å²) >= 11 is 1.37. The topological polar surface area (TPSA) is 65.5 Å². The molecule has 0 radical (unpaired) electrons. The molecule has 0 saturated carbocycles. The Morgan fingerprint density at radius 2 is 1.92 bits per heavy atom. The van der Waals surface area contributed by atoms with Crippen molar-refractivity contribution in [3.63, 3.8) is 0 Å². The Morgan fingerprint density at radius 1 is 1.17 bits per heavy atom. The Hall–Kier alpha value is -2.08. The molecule has 1 aromatic heterocycles. The lowest BCUT2D eigenvalue weighted by atomic mass is 10.2. The summed E-state index contributed by atoms with van der Waals surface area (Å²) in [6, 6.07) is 9.90. The summed E-state index contributed by atoms with van der Waals surface area (Å²) in [6.45, 7) is 4.08. The molecule has 2 aromatic rings. The Labute approximate surface area is 145 Å². The Kier molecular flexibility index (Phi) is 7.06. The average Bonchev–Trinajstić information content (AvgIpc) is 2.58. The molecular weight excluding hydrogens is 326 g/mol. The van der Waals surface area contributed by atoms with Crippen LogP contribution in [0.25, 0.3) is 10.9 Å². The molecule has 1 aromatic carbocycles. The van der Waals surface area contributed by atoms with E-state index in [1.807, 2.05) is 30.3 Å². The first-order valence-electron chi connectivity index (χ1n) is 7.91. The number of esters is 2. The number of pyridine rings is 1. The summed E-state index contributed by atoms with van der Waals surface area (Å²) in [5, 5.41) is 0.476. The summed E-state index contributed by atoms with van der Waals surface area (Å²) in [5.74, 6) is -0.204. The van der Waals surface area contributed by atoms with Gasteiger partial charge in [-0.05, 0) is 31.5 Å². The second-order valence-corrected chi connectivity index (χ2v) is 6.29. The maximum absolute atomic E-state index is 12.1. The Balaban J connectivity index is 2.04. The third kappa shape index (κ3) is 5.23. The van der Waals surface area contributed by atoms with Gasteiger partial charge < -0.3 is 9.47 Å². The lowest BCUT2D eigenvalue weighted by Gasteiger charge is -2.14. The first-order valence-corrected chi connectivity index (χ1v) is 8.96. The van der Waals surface area contributed by atoms with Crippen molar-refractivity contribution in [3.05, 3.63) is 42.1 Å². The van der Waals surface area contributed by atoms with Crippen LogP contribution in [0, 0.1) is 0 Å². The normalized spacial score (nSPS) is 11.9. The highest BCUT2D eigenvalue weighted by molar-refractivity contribution is 7.99. The molecule has 128 valence electrons. The zero-order chi connectivity index (χ0) is 17.4. The fraction of sp³-hybridized carbons (Fsp3) is 0.389. The number of carbonyl (C=O) groups is 2. The van der Waals surface area contributed by atoms with Crippen molar-refractivity contribution in [1.29, 1.82) is 0 Å². The van der Waals surface area contributed by atoms with Crippen LogP contribution < -0.4 is 0 Å². The zero-order valence-electron chi connectivity index (χ0n) is 13.9. The zero-order valence-corrected chi connectivity index (χ0v) is 14.7. The van der Waals surface area contributed by atoms with Gasteiger partial charge in [-0.15, -0.1) is 11.8 Å². The number of hydrogen-bond acceptors (Lipinski definition) is 6. The van der Waals surface area contributed by atoms with Gasteiger partial charge in [0.15, 0.2) is 0 Å². The predicted octanol–water partition coefficient (Wildman–Crippen LogP) is 3.35. The van der Waals surface area contributed by atoms with Crippen molar-refractivity contribution in [1.82, 2.24) is 4.98 Å². The fourth-order valence-electron chi connectivity index (χ4n) is 2.21. The molecule has 1 atom stereocenters. The van der Waals surface area contributed by atoms with Crippen LogP contribution in [0.5, 0.6) is 0 Å². The first-order chi connectivity index (χ1) is 11.6. The van der Waals surface area contributed by atoms with E-state index >= 15 is 0 Å². The number of hydrogen-bond donors (Lipinski definition) is 0. The molecule has 0 amide bonds. The van der Waals surface area contributed by atoms with E-state index in [9.17, 15) is 9.59 Å². The highest BCUT2D eigenvalue weighted by Gasteiger charge is 2.24. The molecule has 0 saturated heterocycles. The van der Waals surface area contributed by atoms with Crippen molar-refractivity contribution < 1.29 is 19.1 Å². The molecular formula is C18H21NO4S. The van der Waals surface area contributed by atoms with E-state index in [0.29, 0.717) is 12.4 Å². The lowest BCUT2D eigenvalue weighted by Crippen LogP contribution is -2.24. The third-order valence-electron chi connectivity index (χ3n) is 3.31. The summed E-state index contributed by atoms with van der Waals surface area (Å²) in [5.41, 5.74) is 1.93. The number of benzene rings is 1. The van der Waals surface area contributed by atoms with Crippen molar-refractivity contribution >= 4 is 34.6 Å². The van der Waals surface area contributed by atoms with Gasteiger partial charge in [0.2, 0.25) is 0 Å². The molecule has 0 fully saturated rings. The monoisotopic (exact) mass is 347 g/mol. The molecule has 24 heavy (non-hydrogen) atoms. The molecule has 5 nitrogen and oxygen atoms in total. The standard InChI is InChI=1S/C18H21NO4S/c1-3-22-17(20)10-16(18(21)23-4-2)24-12-13-9-14-7-5-6-8-15(14)19-11-13/h5-9,11,16H,3-4,10,12H2,1-2H3. The van der Waals surface area contributed by atoms with E-state index in [2.05, 4.69) is 4.98 Å². The molecule has 2 rings (SSSR count). The SMILES string of the molecule is CCOC(=O)CC(SCc1cnc2ccccc2c1)C(=O)OCC. The molecule has 6 heteroatoms. The lowest BCUT2D eigenvalue weighted by molar-refractivity contribution is -0.149. The number of carbonyl (C=O) groups excluding carboxylic acids is 2. The number of aromatic nitrogens is 1. The smallest absolute Gasteiger partial charge is 0.319 e. The van der Waals surface area contributed by atoms with Crippen LogP contribution in [0.1, 0.15) is 25.8 Å². The molecule has 1 unspecified atom stereocenters. The minimum absolute atomic E-state index is 0.0123. The summed E-state index contributed by atoms with van der Waals surface area (Å²) in [7, 11) is 0. The van der Waals surface area contributed by atoms with Gasteiger partial charge >= 0.3 is 11.9 Å². The number of thioether (sulfide) groups is 1. The molecule has 1 heterocycles. The fourth-order valence-corrected chi connectivity index (χ4v) is 3.22. The molecule has 0 aliphatic heterocycles. The van der Waals surface area contributed by atoms with Gasteiger partial charge in [-0.25, -0.2) is 0 Å². The van der Waals surface area contributed by atoms with Gasteiger partial charge in [-0.3, -0.25) is 14.6 Å². The minimum atomic E-state index is -0.574. The third-order valence-corrected chi connectivity index (χ3v) is 4.57.